The Morgan fingerprint density at radius 2 is 0.786 bits per heavy atom. The first kappa shape index (κ1) is 23.9. The molecule has 0 heterocycles. The minimum atomic E-state index is -1.60. The van der Waals surface area contributed by atoms with Gasteiger partial charge < -0.3 is 13.6 Å². The van der Waals surface area contributed by atoms with Crippen LogP contribution in [-0.2, 0) is 13.6 Å². The first-order chi connectivity index (χ1) is 13.3. The average molecular weight is 529 g/mol. The highest BCUT2D eigenvalue weighted by atomic mass is 35.5. The lowest BCUT2D eigenvalue weighted by Crippen LogP contribution is -2.22. The molecule has 28 heavy (non-hydrogen) atoms. The number of rotatable bonds is 6. The quantitative estimate of drug-likeness (QED) is 0.322. The van der Waals surface area contributed by atoms with Gasteiger partial charge in [-0.3, -0.25) is 0 Å². The van der Waals surface area contributed by atoms with Crippen LogP contribution >= 0.6 is 78.2 Å². The van der Waals surface area contributed by atoms with Gasteiger partial charge in [0.1, 0.15) is 0 Å². The minimum Gasteiger partial charge on any atom is -0.308 e. The molecule has 3 nitrogen and oxygen atoms in total. The highest BCUT2D eigenvalue weighted by Crippen LogP contribution is 2.51. The van der Waals surface area contributed by atoms with Gasteiger partial charge in [-0.2, -0.15) is 0 Å². The van der Waals surface area contributed by atoms with E-state index in [9.17, 15) is 0 Å². The monoisotopic (exact) mass is 526 g/mol. The van der Waals surface area contributed by atoms with Crippen LogP contribution in [0.4, 0.5) is 0 Å². The minimum absolute atomic E-state index is 0.0995. The highest BCUT2D eigenvalue weighted by Gasteiger charge is 2.32. The fourth-order valence-corrected chi connectivity index (χ4v) is 6.00. The van der Waals surface area contributed by atoms with Crippen LogP contribution in [0.2, 0.25) is 0 Å². The highest BCUT2D eigenvalue weighted by molar-refractivity contribution is 7.41. The predicted molar refractivity (Wildman–Crippen MR) is 119 cm³/mol. The third-order valence-corrected chi connectivity index (χ3v) is 8.97. The van der Waals surface area contributed by atoms with Crippen molar-refractivity contribution in [2.45, 2.75) is 76.1 Å². The van der Waals surface area contributed by atoms with Crippen LogP contribution in [0.3, 0.4) is 0 Å². The molecule has 10 heteroatoms. The molecule has 0 aromatic carbocycles. The molecule has 0 radical (unpaired) electrons. The van der Waals surface area contributed by atoms with Crippen molar-refractivity contribution in [1.29, 1.82) is 0 Å². The van der Waals surface area contributed by atoms with Gasteiger partial charge in [0.2, 0.25) is 0 Å². The summed E-state index contributed by atoms with van der Waals surface area (Å²) in [4.78, 5) is 0. The van der Waals surface area contributed by atoms with Crippen molar-refractivity contribution in [2.24, 2.45) is 0 Å². The van der Waals surface area contributed by atoms with Gasteiger partial charge in [0.15, 0.2) is 0 Å². The van der Waals surface area contributed by atoms with E-state index in [-0.39, 0.29) is 18.3 Å². The average Bonchev–Trinajstić information content (AvgIpc) is 2.64. The van der Waals surface area contributed by atoms with Crippen LogP contribution in [-0.4, -0.2) is 18.3 Å². The van der Waals surface area contributed by atoms with Crippen molar-refractivity contribution < 1.29 is 13.6 Å². The summed E-state index contributed by atoms with van der Waals surface area (Å²) in [6.07, 6.45) is 5.76. The summed E-state index contributed by atoms with van der Waals surface area (Å²) >= 11 is 37.0. The third-order valence-electron chi connectivity index (χ3n) is 4.87. The van der Waals surface area contributed by atoms with Gasteiger partial charge in [0, 0.05) is 49.5 Å². The lowest BCUT2D eigenvalue weighted by Gasteiger charge is -2.32. The van der Waals surface area contributed by atoms with E-state index in [2.05, 4.69) is 0 Å². The first-order valence-corrected chi connectivity index (χ1v) is 12.6. The van der Waals surface area contributed by atoms with Crippen LogP contribution in [0.25, 0.3) is 0 Å². The zero-order chi connectivity index (χ0) is 20.3. The molecule has 0 fully saturated rings. The van der Waals surface area contributed by atoms with Crippen LogP contribution in [0.1, 0.15) is 57.8 Å². The molecule has 0 spiro atoms. The molecule has 0 aromatic heterocycles. The predicted octanol–water partition coefficient (Wildman–Crippen LogP) is 8.99. The Hall–Kier alpha value is 1.27. The Morgan fingerprint density at radius 3 is 1.04 bits per heavy atom. The molecule has 0 N–H and O–H groups in total. The lowest BCUT2D eigenvalue weighted by molar-refractivity contribution is 0.0563. The van der Waals surface area contributed by atoms with E-state index >= 15 is 0 Å². The van der Waals surface area contributed by atoms with Gasteiger partial charge >= 0.3 is 8.60 Å². The molecule has 0 aliphatic heterocycles. The topological polar surface area (TPSA) is 27.7 Å². The van der Waals surface area contributed by atoms with E-state index in [0.29, 0.717) is 68.7 Å². The van der Waals surface area contributed by atoms with Crippen molar-refractivity contribution in [1.82, 2.24) is 0 Å². The molecular weight excluding hydrogens is 508 g/mol. The maximum absolute atomic E-state index is 6.22. The Bertz CT molecular complexity index is 590. The summed E-state index contributed by atoms with van der Waals surface area (Å²) in [5.74, 6) is 0. The maximum Gasteiger partial charge on any atom is 0.333 e. The van der Waals surface area contributed by atoms with Crippen molar-refractivity contribution >= 4 is 78.2 Å². The molecule has 0 aromatic rings. The summed E-state index contributed by atoms with van der Waals surface area (Å²) < 4.78 is 18.6. The van der Waals surface area contributed by atoms with Gasteiger partial charge in [-0.25, -0.2) is 0 Å². The summed E-state index contributed by atoms with van der Waals surface area (Å²) in [5, 5.41) is 4.01. The van der Waals surface area contributed by atoms with Crippen molar-refractivity contribution in [3.63, 3.8) is 0 Å². The Labute approximate surface area is 197 Å². The molecule has 0 saturated carbocycles. The van der Waals surface area contributed by atoms with Gasteiger partial charge in [-0.05, 0) is 38.5 Å². The van der Waals surface area contributed by atoms with Gasteiger partial charge in [0.25, 0.3) is 0 Å². The number of hydrogen-bond acceptors (Lipinski definition) is 3. The normalized spacial score (nSPS) is 30.9. The Balaban J connectivity index is 1.64. The van der Waals surface area contributed by atoms with Gasteiger partial charge in [-0.1, -0.05) is 69.6 Å². The largest absolute Gasteiger partial charge is 0.333 e. The molecular formula is C18H21Cl6O3P. The SMILES string of the molecule is ClC1=C(Cl)CC(OP(OC2CCC(Cl)=C(Cl)C2)OC2CCC(Cl)=C(Cl)C2)CC1. The van der Waals surface area contributed by atoms with Gasteiger partial charge in [-0.15, -0.1) is 0 Å². The maximum atomic E-state index is 6.22. The van der Waals surface area contributed by atoms with Crippen LogP contribution in [0.15, 0.2) is 30.2 Å². The summed E-state index contributed by atoms with van der Waals surface area (Å²) in [6.45, 7) is 0. The molecule has 3 atom stereocenters. The molecule has 3 aliphatic rings. The fraction of sp³-hybridized carbons (Fsp3) is 0.667. The van der Waals surface area contributed by atoms with Gasteiger partial charge in [0.05, 0.1) is 18.3 Å². The summed E-state index contributed by atoms with van der Waals surface area (Å²) in [6, 6.07) is 0. The first-order valence-electron chi connectivity index (χ1n) is 9.21. The van der Waals surface area contributed by atoms with Crippen LogP contribution in [0.5, 0.6) is 0 Å². The van der Waals surface area contributed by atoms with E-state index in [4.69, 9.17) is 83.2 Å². The van der Waals surface area contributed by atoms with E-state index in [1.165, 1.54) is 0 Å². The Kier molecular flexibility index (Phi) is 9.59. The van der Waals surface area contributed by atoms with Crippen molar-refractivity contribution in [2.75, 3.05) is 0 Å². The van der Waals surface area contributed by atoms with Crippen LogP contribution < -0.4 is 0 Å². The number of allylic oxidation sites excluding steroid dienone is 3. The zero-order valence-corrected chi connectivity index (χ0v) is 20.5. The molecule has 3 unspecified atom stereocenters. The van der Waals surface area contributed by atoms with E-state index in [0.717, 1.165) is 19.3 Å². The lowest BCUT2D eigenvalue weighted by atomic mass is 10.0. The fourth-order valence-electron chi connectivity index (χ4n) is 3.22. The summed E-state index contributed by atoms with van der Waals surface area (Å²) in [7, 11) is -1.60. The molecule has 0 bridgehead atoms. The number of hydrogen-bond donors (Lipinski definition) is 0. The number of halogens is 6. The Morgan fingerprint density at radius 1 is 0.500 bits per heavy atom. The van der Waals surface area contributed by atoms with Crippen LogP contribution in [0, 0.1) is 0 Å². The second kappa shape index (κ2) is 11.2. The second-order valence-corrected chi connectivity index (χ2v) is 10.9. The standard InChI is InChI=1S/C18H21Cl6O3P/c19-13-4-1-10(7-16(13)22)25-28(26-11-2-5-14(20)17(23)8-11)27-12-3-6-15(21)18(24)9-12/h10-12H,1-9H2. The van der Waals surface area contributed by atoms with E-state index < -0.39 is 8.60 Å². The summed E-state index contributed by atoms with van der Waals surface area (Å²) in [5.41, 5.74) is 0. The third kappa shape index (κ3) is 6.89. The molecule has 3 aliphatic carbocycles. The smallest absolute Gasteiger partial charge is 0.308 e. The molecule has 0 amide bonds. The second-order valence-electron chi connectivity index (χ2n) is 7.06. The van der Waals surface area contributed by atoms with Crippen molar-refractivity contribution in [3.05, 3.63) is 30.2 Å². The zero-order valence-electron chi connectivity index (χ0n) is 15.0. The molecule has 158 valence electrons. The molecule has 3 rings (SSSR count). The van der Waals surface area contributed by atoms with E-state index in [1.54, 1.807) is 0 Å². The van der Waals surface area contributed by atoms with Crippen molar-refractivity contribution in [3.8, 4) is 0 Å². The molecule has 0 saturated heterocycles. The van der Waals surface area contributed by atoms with E-state index in [1.807, 2.05) is 0 Å².